The Morgan fingerprint density at radius 3 is 1.90 bits per heavy atom. The van der Waals surface area contributed by atoms with Crippen molar-refractivity contribution in [3.8, 4) is 0 Å². The molecule has 0 saturated carbocycles. The van der Waals surface area contributed by atoms with E-state index in [1.807, 2.05) is 26.0 Å². The van der Waals surface area contributed by atoms with Gasteiger partial charge in [-0.1, -0.05) is 12.2 Å². The van der Waals surface area contributed by atoms with Gasteiger partial charge >= 0.3 is 0 Å². The Morgan fingerprint density at radius 2 is 1.80 bits per heavy atom. The molecule has 0 heterocycles. The van der Waals surface area contributed by atoms with Gasteiger partial charge in [0.05, 0.1) is 6.61 Å². The van der Waals surface area contributed by atoms with Crippen LogP contribution in [-0.4, -0.2) is 17.5 Å². The third-order valence-electron chi connectivity index (χ3n) is 1.45. The molecule has 10 heavy (non-hydrogen) atoms. The second-order valence-corrected chi connectivity index (χ2v) is 2.26. The maximum Gasteiger partial charge on any atom is 0.0681 e. The molecule has 0 aliphatic heterocycles. The highest BCUT2D eigenvalue weighted by Crippen LogP contribution is 2.09. The molecule has 0 fully saturated rings. The molecule has 0 spiro atoms. The molecule has 1 nitrogen and oxygen atoms in total. The van der Waals surface area contributed by atoms with Crippen molar-refractivity contribution >= 4 is 12.6 Å². The molecule has 0 saturated heterocycles. The topological polar surface area (TPSA) is 20.2 Å². The first kappa shape index (κ1) is 9.79. The zero-order valence-corrected chi connectivity index (χ0v) is 7.36. The first-order valence-corrected chi connectivity index (χ1v) is 3.95. The Morgan fingerprint density at radius 1 is 1.30 bits per heavy atom. The van der Waals surface area contributed by atoms with Crippen LogP contribution in [0, 0.1) is 0 Å². The zero-order chi connectivity index (χ0) is 7.98. The van der Waals surface area contributed by atoms with E-state index in [-0.39, 0.29) is 6.61 Å². The van der Waals surface area contributed by atoms with Gasteiger partial charge in [-0.15, -0.1) is 0 Å². The van der Waals surface area contributed by atoms with E-state index in [9.17, 15) is 0 Å². The standard InChI is InChI=1S/C8H14OS/c1-3-7(5-9)8(4-2)6-10/h3-4,9-10H,5-6H2,1-2H3/b7-3-,8-4-. The van der Waals surface area contributed by atoms with Crippen LogP contribution in [0.15, 0.2) is 23.3 Å². The predicted octanol–water partition coefficient (Wildman–Crippen LogP) is 1.80. The van der Waals surface area contributed by atoms with E-state index in [0.29, 0.717) is 5.75 Å². The van der Waals surface area contributed by atoms with Crippen LogP contribution in [0.25, 0.3) is 0 Å². The van der Waals surface area contributed by atoms with Crippen molar-refractivity contribution in [1.29, 1.82) is 0 Å². The number of aliphatic hydroxyl groups is 1. The summed E-state index contributed by atoms with van der Waals surface area (Å²) in [6.45, 7) is 3.97. The second kappa shape index (κ2) is 5.57. The first-order chi connectivity index (χ1) is 4.79. The lowest BCUT2D eigenvalue weighted by molar-refractivity contribution is 0.333. The molecule has 2 heteroatoms. The Balaban J connectivity index is 4.27. The van der Waals surface area contributed by atoms with E-state index >= 15 is 0 Å². The predicted molar refractivity (Wildman–Crippen MR) is 48.5 cm³/mol. The van der Waals surface area contributed by atoms with Crippen molar-refractivity contribution in [2.24, 2.45) is 0 Å². The summed E-state index contributed by atoms with van der Waals surface area (Å²) in [6, 6.07) is 0. The molecular weight excluding hydrogens is 144 g/mol. The van der Waals surface area contributed by atoms with E-state index < -0.39 is 0 Å². The molecule has 0 radical (unpaired) electrons. The minimum Gasteiger partial charge on any atom is -0.392 e. The van der Waals surface area contributed by atoms with Crippen molar-refractivity contribution in [2.75, 3.05) is 12.4 Å². The Bertz CT molecular complexity index is 129. The zero-order valence-electron chi connectivity index (χ0n) is 6.46. The van der Waals surface area contributed by atoms with Crippen molar-refractivity contribution < 1.29 is 5.11 Å². The third kappa shape index (κ3) is 2.58. The van der Waals surface area contributed by atoms with Crippen LogP contribution in [0.1, 0.15) is 13.8 Å². The summed E-state index contributed by atoms with van der Waals surface area (Å²) in [5.41, 5.74) is 2.07. The molecule has 0 amide bonds. The molecule has 58 valence electrons. The number of rotatable bonds is 3. The van der Waals surface area contributed by atoms with Crippen molar-refractivity contribution in [1.82, 2.24) is 0 Å². The minimum atomic E-state index is 0.108. The van der Waals surface area contributed by atoms with Crippen LogP contribution in [-0.2, 0) is 0 Å². The van der Waals surface area contributed by atoms with E-state index in [2.05, 4.69) is 12.6 Å². The largest absolute Gasteiger partial charge is 0.392 e. The molecule has 0 aliphatic carbocycles. The van der Waals surface area contributed by atoms with E-state index in [1.165, 1.54) is 0 Å². The van der Waals surface area contributed by atoms with Gasteiger partial charge in [-0.25, -0.2) is 0 Å². The van der Waals surface area contributed by atoms with Crippen LogP contribution in [0.3, 0.4) is 0 Å². The monoisotopic (exact) mass is 158 g/mol. The van der Waals surface area contributed by atoms with Gasteiger partial charge in [0.25, 0.3) is 0 Å². The lowest BCUT2D eigenvalue weighted by Crippen LogP contribution is -1.95. The summed E-state index contributed by atoms with van der Waals surface area (Å²) in [5.74, 6) is 0.691. The highest BCUT2D eigenvalue weighted by atomic mass is 32.1. The quantitative estimate of drug-likeness (QED) is 0.474. The fourth-order valence-corrected chi connectivity index (χ4v) is 1.14. The molecule has 0 bridgehead atoms. The number of allylic oxidation sites excluding steroid dienone is 2. The second-order valence-electron chi connectivity index (χ2n) is 1.94. The van der Waals surface area contributed by atoms with E-state index in [4.69, 9.17) is 5.11 Å². The van der Waals surface area contributed by atoms with Gasteiger partial charge in [0, 0.05) is 5.75 Å². The summed E-state index contributed by atoms with van der Waals surface area (Å²) in [5, 5.41) is 8.82. The lowest BCUT2D eigenvalue weighted by Gasteiger charge is -2.04. The van der Waals surface area contributed by atoms with Crippen LogP contribution in [0.4, 0.5) is 0 Å². The summed E-state index contributed by atoms with van der Waals surface area (Å²) in [6.07, 6.45) is 3.88. The Hall–Kier alpha value is -0.210. The van der Waals surface area contributed by atoms with Gasteiger partial charge in [-0.2, -0.15) is 12.6 Å². The van der Waals surface area contributed by atoms with Crippen molar-refractivity contribution in [3.63, 3.8) is 0 Å². The van der Waals surface area contributed by atoms with Gasteiger partial charge in [0.2, 0.25) is 0 Å². The fraction of sp³-hybridized carbons (Fsp3) is 0.500. The maximum absolute atomic E-state index is 8.82. The van der Waals surface area contributed by atoms with Crippen LogP contribution in [0.5, 0.6) is 0 Å². The summed E-state index contributed by atoms with van der Waals surface area (Å²) >= 11 is 4.12. The minimum absolute atomic E-state index is 0.108. The number of thiol groups is 1. The number of hydrogen-bond acceptors (Lipinski definition) is 2. The number of aliphatic hydroxyl groups excluding tert-OH is 1. The fourth-order valence-electron chi connectivity index (χ4n) is 0.756. The van der Waals surface area contributed by atoms with Crippen LogP contribution >= 0.6 is 12.6 Å². The molecule has 0 aliphatic rings. The molecule has 0 aromatic rings. The summed E-state index contributed by atoms with van der Waals surface area (Å²) in [4.78, 5) is 0. The van der Waals surface area contributed by atoms with Gasteiger partial charge in [0.1, 0.15) is 0 Å². The summed E-state index contributed by atoms with van der Waals surface area (Å²) < 4.78 is 0. The molecular formula is C8H14OS. The number of hydrogen-bond donors (Lipinski definition) is 2. The summed E-state index contributed by atoms with van der Waals surface area (Å²) in [7, 11) is 0. The van der Waals surface area contributed by atoms with Gasteiger partial charge in [-0.05, 0) is 25.0 Å². The highest BCUT2D eigenvalue weighted by molar-refractivity contribution is 7.80. The SMILES string of the molecule is C/C=C(CO)\C(=C/C)CS. The molecule has 0 unspecified atom stereocenters. The third-order valence-corrected chi connectivity index (χ3v) is 1.79. The van der Waals surface area contributed by atoms with E-state index in [0.717, 1.165) is 11.1 Å². The molecule has 0 rings (SSSR count). The lowest BCUT2D eigenvalue weighted by atomic mass is 10.1. The van der Waals surface area contributed by atoms with Crippen LogP contribution < -0.4 is 0 Å². The molecule has 0 atom stereocenters. The van der Waals surface area contributed by atoms with E-state index in [1.54, 1.807) is 0 Å². The van der Waals surface area contributed by atoms with Crippen LogP contribution in [0.2, 0.25) is 0 Å². The first-order valence-electron chi connectivity index (χ1n) is 3.32. The maximum atomic E-state index is 8.82. The molecule has 0 aromatic heterocycles. The Labute approximate surface area is 67.9 Å². The average molecular weight is 158 g/mol. The smallest absolute Gasteiger partial charge is 0.0681 e. The molecule has 0 aromatic carbocycles. The highest BCUT2D eigenvalue weighted by Gasteiger charge is 1.97. The van der Waals surface area contributed by atoms with Crippen molar-refractivity contribution in [2.45, 2.75) is 13.8 Å². The normalized spacial score (nSPS) is 14.0. The van der Waals surface area contributed by atoms with Crippen molar-refractivity contribution in [3.05, 3.63) is 23.3 Å². The average Bonchev–Trinajstić information content (AvgIpc) is 2.00. The van der Waals surface area contributed by atoms with Gasteiger partial charge in [-0.3, -0.25) is 0 Å². The van der Waals surface area contributed by atoms with Gasteiger partial charge < -0.3 is 5.11 Å². The molecule has 1 N–H and O–H groups in total. The Kier molecular flexibility index (Phi) is 5.45. The van der Waals surface area contributed by atoms with Gasteiger partial charge in [0.15, 0.2) is 0 Å².